The van der Waals surface area contributed by atoms with Gasteiger partial charge in [-0.15, -0.1) is 0 Å². The van der Waals surface area contributed by atoms with E-state index in [9.17, 15) is 23.3 Å². The summed E-state index contributed by atoms with van der Waals surface area (Å²) in [6, 6.07) is 2.89. The fourth-order valence-electron chi connectivity index (χ4n) is 2.63. The van der Waals surface area contributed by atoms with Gasteiger partial charge < -0.3 is 5.32 Å². The summed E-state index contributed by atoms with van der Waals surface area (Å²) in [7, 11) is 0. The van der Waals surface area contributed by atoms with Gasteiger partial charge in [-0.1, -0.05) is 24.4 Å². The summed E-state index contributed by atoms with van der Waals surface area (Å²) < 4.78 is 39.1. The molecule has 1 fully saturated rings. The molecule has 0 bridgehead atoms. The molecule has 0 spiro atoms. The molecule has 0 heterocycles. The fourth-order valence-corrected chi connectivity index (χ4v) is 2.80. The second kappa shape index (κ2) is 6.09. The molecule has 1 N–H and O–H groups in total. The number of nitro benzene ring substituents is 1. The minimum absolute atomic E-state index is 0.0632. The van der Waals surface area contributed by atoms with Crippen molar-refractivity contribution in [2.45, 2.75) is 37.9 Å². The highest BCUT2D eigenvalue weighted by atomic mass is 35.5. The van der Waals surface area contributed by atoms with E-state index >= 15 is 0 Å². The van der Waals surface area contributed by atoms with Crippen LogP contribution in [0.3, 0.4) is 0 Å². The van der Waals surface area contributed by atoms with Crippen molar-refractivity contribution in [3.63, 3.8) is 0 Å². The van der Waals surface area contributed by atoms with E-state index < -0.39 is 23.1 Å². The number of rotatable bonds is 3. The van der Waals surface area contributed by atoms with Gasteiger partial charge in [0.1, 0.15) is 0 Å². The van der Waals surface area contributed by atoms with Crippen molar-refractivity contribution in [3.05, 3.63) is 33.3 Å². The van der Waals surface area contributed by atoms with E-state index in [1.54, 1.807) is 0 Å². The highest BCUT2D eigenvalue weighted by molar-refractivity contribution is 6.33. The Morgan fingerprint density at radius 3 is 2.57 bits per heavy atom. The van der Waals surface area contributed by atoms with E-state index in [1.165, 1.54) is 18.2 Å². The van der Waals surface area contributed by atoms with Gasteiger partial charge in [-0.3, -0.25) is 10.1 Å². The standard InChI is InChI=1S/C13H14ClF3N2O2/c14-10-6-5-8(19(20)21)7-12(10)18-11-4-2-1-3-9(11)13(15,16)17/h5-7,9,11,18H,1-4H2. The van der Waals surface area contributed by atoms with Crippen LogP contribution in [-0.4, -0.2) is 17.1 Å². The third-order valence-corrected chi connectivity index (χ3v) is 4.02. The van der Waals surface area contributed by atoms with Crippen LogP contribution in [0.1, 0.15) is 25.7 Å². The van der Waals surface area contributed by atoms with Crippen LogP contribution in [0.2, 0.25) is 5.02 Å². The second-order valence-corrected chi connectivity index (χ2v) is 5.51. The zero-order chi connectivity index (χ0) is 15.6. The van der Waals surface area contributed by atoms with Crippen molar-refractivity contribution in [1.82, 2.24) is 0 Å². The summed E-state index contributed by atoms with van der Waals surface area (Å²) >= 11 is 5.92. The molecule has 1 aliphatic carbocycles. The molecule has 1 aromatic carbocycles. The first kappa shape index (κ1) is 15.9. The van der Waals surface area contributed by atoms with Gasteiger partial charge in [0.25, 0.3) is 5.69 Å². The topological polar surface area (TPSA) is 55.2 Å². The normalized spacial score (nSPS) is 22.9. The van der Waals surface area contributed by atoms with E-state index in [0.717, 1.165) is 0 Å². The van der Waals surface area contributed by atoms with Gasteiger partial charge in [0.15, 0.2) is 0 Å². The molecule has 2 unspecified atom stereocenters. The smallest absolute Gasteiger partial charge is 0.380 e. The molecule has 0 amide bonds. The number of non-ortho nitro benzene ring substituents is 1. The maximum Gasteiger partial charge on any atom is 0.393 e. The van der Waals surface area contributed by atoms with Crippen molar-refractivity contribution in [2.24, 2.45) is 5.92 Å². The quantitative estimate of drug-likeness (QED) is 0.643. The molecule has 2 rings (SSSR count). The Hall–Kier alpha value is -1.50. The lowest BCUT2D eigenvalue weighted by molar-refractivity contribution is -0.384. The Kier molecular flexibility index (Phi) is 4.61. The number of halogens is 4. The number of hydrogen-bond acceptors (Lipinski definition) is 3. The maximum absolute atomic E-state index is 13.0. The van der Waals surface area contributed by atoms with Gasteiger partial charge >= 0.3 is 6.18 Å². The number of benzene rings is 1. The minimum atomic E-state index is -4.29. The molecule has 116 valence electrons. The first-order valence-electron chi connectivity index (χ1n) is 6.56. The van der Waals surface area contributed by atoms with Gasteiger partial charge in [0.05, 0.1) is 21.6 Å². The second-order valence-electron chi connectivity index (χ2n) is 5.10. The molecule has 1 aromatic rings. The molecule has 0 aromatic heterocycles. The molecule has 21 heavy (non-hydrogen) atoms. The zero-order valence-corrected chi connectivity index (χ0v) is 11.7. The van der Waals surface area contributed by atoms with Crippen LogP contribution in [0.4, 0.5) is 24.5 Å². The van der Waals surface area contributed by atoms with Crippen LogP contribution in [0.5, 0.6) is 0 Å². The van der Waals surface area contributed by atoms with Crippen LogP contribution >= 0.6 is 11.6 Å². The predicted molar refractivity (Wildman–Crippen MR) is 73.5 cm³/mol. The number of nitrogens with one attached hydrogen (secondary N) is 1. The minimum Gasteiger partial charge on any atom is -0.380 e. The summed E-state index contributed by atoms with van der Waals surface area (Å²) in [4.78, 5) is 10.1. The fraction of sp³-hybridized carbons (Fsp3) is 0.538. The van der Waals surface area contributed by atoms with Crippen LogP contribution in [-0.2, 0) is 0 Å². The SMILES string of the molecule is O=[N+]([O-])c1ccc(Cl)c(NC2CCCCC2C(F)(F)F)c1. The average molecular weight is 323 g/mol. The largest absolute Gasteiger partial charge is 0.393 e. The molecule has 0 aliphatic heterocycles. The zero-order valence-electron chi connectivity index (χ0n) is 11.0. The molecule has 8 heteroatoms. The third kappa shape index (κ3) is 3.78. The average Bonchev–Trinajstić information content (AvgIpc) is 2.40. The Labute approximate surface area is 124 Å². The lowest BCUT2D eigenvalue weighted by Crippen LogP contribution is -2.41. The van der Waals surface area contributed by atoms with Crippen LogP contribution in [0.25, 0.3) is 0 Å². The Morgan fingerprint density at radius 1 is 1.29 bits per heavy atom. The number of nitro groups is 1. The van der Waals surface area contributed by atoms with Crippen LogP contribution in [0.15, 0.2) is 18.2 Å². The van der Waals surface area contributed by atoms with E-state index in [0.29, 0.717) is 19.3 Å². The van der Waals surface area contributed by atoms with E-state index in [2.05, 4.69) is 5.32 Å². The number of hydrogen-bond donors (Lipinski definition) is 1. The van der Waals surface area contributed by atoms with Crippen molar-refractivity contribution < 1.29 is 18.1 Å². The lowest BCUT2D eigenvalue weighted by Gasteiger charge is -2.34. The summed E-state index contributed by atoms with van der Waals surface area (Å²) in [5.74, 6) is -1.46. The van der Waals surface area contributed by atoms with E-state index in [4.69, 9.17) is 11.6 Å². The lowest BCUT2D eigenvalue weighted by atomic mass is 9.84. The first-order chi connectivity index (χ1) is 9.79. The van der Waals surface area contributed by atoms with Crippen LogP contribution in [0, 0.1) is 16.0 Å². The predicted octanol–water partition coefficient (Wildman–Crippen LogP) is 4.78. The monoisotopic (exact) mass is 322 g/mol. The molecule has 1 saturated carbocycles. The Balaban J connectivity index is 2.23. The Morgan fingerprint density at radius 2 is 1.95 bits per heavy atom. The van der Waals surface area contributed by atoms with Crippen molar-refractivity contribution in [1.29, 1.82) is 0 Å². The molecular formula is C13H14ClF3N2O2. The maximum atomic E-state index is 13.0. The molecule has 0 radical (unpaired) electrons. The van der Waals surface area contributed by atoms with Gasteiger partial charge in [-0.25, -0.2) is 0 Å². The van der Waals surface area contributed by atoms with Gasteiger partial charge in [0.2, 0.25) is 0 Å². The van der Waals surface area contributed by atoms with Crippen molar-refractivity contribution >= 4 is 23.0 Å². The highest BCUT2D eigenvalue weighted by Gasteiger charge is 2.45. The summed E-state index contributed by atoms with van der Waals surface area (Å²) in [5.41, 5.74) is -0.0340. The highest BCUT2D eigenvalue weighted by Crippen LogP contribution is 2.40. The molecule has 4 nitrogen and oxygen atoms in total. The summed E-state index contributed by atoms with van der Waals surface area (Å²) in [5, 5.41) is 13.7. The van der Waals surface area contributed by atoms with Gasteiger partial charge in [0, 0.05) is 18.2 Å². The first-order valence-corrected chi connectivity index (χ1v) is 6.94. The number of nitrogens with zero attached hydrogens (tertiary/aromatic N) is 1. The third-order valence-electron chi connectivity index (χ3n) is 3.69. The Bertz CT molecular complexity index is 537. The molecule has 2 atom stereocenters. The molecule has 1 aliphatic rings. The molecular weight excluding hydrogens is 309 g/mol. The van der Waals surface area contributed by atoms with Gasteiger partial charge in [-0.05, 0) is 18.9 Å². The van der Waals surface area contributed by atoms with Crippen molar-refractivity contribution in [3.8, 4) is 0 Å². The summed E-state index contributed by atoms with van der Waals surface area (Å²) in [6.07, 6.45) is -2.63. The van der Waals surface area contributed by atoms with E-state index in [1.807, 2.05) is 0 Å². The van der Waals surface area contributed by atoms with Crippen LogP contribution < -0.4 is 5.32 Å². The summed E-state index contributed by atoms with van der Waals surface area (Å²) in [6.45, 7) is 0. The van der Waals surface area contributed by atoms with Gasteiger partial charge in [-0.2, -0.15) is 13.2 Å². The van der Waals surface area contributed by atoms with Crippen molar-refractivity contribution in [2.75, 3.05) is 5.32 Å². The number of anilines is 1. The molecule has 0 saturated heterocycles. The number of alkyl halides is 3. The van der Waals surface area contributed by atoms with E-state index in [-0.39, 0.29) is 22.8 Å².